The molecule has 10 heteroatoms. The summed E-state index contributed by atoms with van der Waals surface area (Å²) in [5.74, 6) is 0.106. The van der Waals surface area contributed by atoms with Crippen molar-refractivity contribution >= 4 is 52.9 Å². The molecular formula is C29H21Cl3N2O5. The second kappa shape index (κ2) is 13.2. The third-order valence-electron chi connectivity index (χ3n) is 5.36. The van der Waals surface area contributed by atoms with Crippen molar-refractivity contribution in [2.75, 3.05) is 7.11 Å². The van der Waals surface area contributed by atoms with E-state index in [1.54, 1.807) is 54.6 Å². The fourth-order valence-corrected chi connectivity index (χ4v) is 3.73. The van der Waals surface area contributed by atoms with Crippen molar-refractivity contribution in [3.63, 3.8) is 0 Å². The molecule has 39 heavy (non-hydrogen) atoms. The number of benzene rings is 4. The van der Waals surface area contributed by atoms with Gasteiger partial charge >= 0.3 is 5.97 Å². The van der Waals surface area contributed by atoms with Gasteiger partial charge in [0.2, 0.25) is 0 Å². The summed E-state index contributed by atoms with van der Waals surface area (Å²) in [5, 5.41) is 5.23. The first-order valence-electron chi connectivity index (χ1n) is 11.5. The van der Waals surface area contributed by atoms with Gasteiger partial charge in [-0.1, -0.05) is 46.9 Å². The van der Waals surface area contributed by atoms with Gasteiger partial charge in [0.15, 0.2) is 11.5 Å². The van der Waals surface area contributed by atoms with Gasteiger partial charge in [0.1, 0.15) is 12.4 Å². The van der Waals surface area contributed by atoms with E-state index in [0.717, 1.165) is 5.56 Å². The number of esters is 1. The summed E-state index contributed by atoms with van der Waals surface area (Å²) in [6, 6.07) is 23.3. The first kappa shape index (κ1) is 28.0. The topological polar surface area (TPSA) is 86.2 Å². The van der Waals surface area contributed by atoms with E-state index >= 15 is 0 Å². The van der Waals surface area contributed by atoms with Gasteiger partial charge in [-0.05, 0) is 83.9 Å². The fourth-order valence-electron chi connectivity index (χ4n) is 3.31. The van der Waals surface area contributed by atoms with Crippen LogP contribution in [0, 0.1) is 0 Å². The Labute approximate surface area is 239 Å². The number of rotatable bonds is 9. The summed E-state index contributed by atoms with van der Waals surface area (Å²) in [6.07, 6.45) is 1.44. The molecule has 0 atom stereocenters. The van der Waals surface area contributed by atoms with Gasteiger partial charge in [-0.25, -0.2) is 10.2 Å². The van der Waals surface area contributed by atoms with Crippen molar-refractivity contribution < 1.29 is 23.8 Å². The molecule has 0 heterocycles. The number of ether oxygens (including phenoxy) is 3. The van der Waals surface area contributed by atoms with Crippen LogP contribution >= 0.6 is 34.8 Å². The largest absolute Gasteiger partial charge is 0.493 e. The van der Waals surface area contributed by atoms with E-state index in [1.807, 2.05) is 12.1 Å². The summed E-state index contributed by atoms with van der Waals surface area (Å²) in [7, 11) is 1.44. The van der Waals surface area contributed by atoms with Crippen LogP contribution in [-0.2, 0) is 6.61 Å². The lowest BCUT2D eigenvalue weighted by atomic mass is 10.2. The highest BCUT2D eigenvalue weighted by Crippen LogP contribution is 2.29. The van der Waals surface area contributed by atoms with Gasteiger partial charge in [0, 0.05) is 10.6 Å². The zero-order chi connectivity index (χ0) is 27.8. The summed E-state index contributed by atoms with van der Waals surface area (Å²) in [5.41, 5.74) is 4.70. The number of methoxy groups -OCH3 is 1. The molecule has 0 aromatic heterocycles. The third-order valence-corrected chi connectivity index (χ3v) is 6.35. The fraction of sp³-hybridized carbons (Fsp3) is 0.0690. The van der Waals surface area contributed by atoms with Crippen LogP contribution < -0.4 is 19.6 Å². The van der Waals surface area contributed by atoms with Crippen molar-refractivity contribution in [2.24, 2.45) is 5.10 Å². The molecule has 4 aromatic carbocycles. The van der Waals surface area contributed by atoms with Crippen LogP contribution in [0.3, 0.4) is 0 Å². The second-order valence-corrected chi connectivity index (χ2v) is 9.32. The Bertz CT molecular complexity index is 1510. The van der Waals surface area contributed by atoms with E-state index in [9.17, 15) is 9.59 Å². The number of hydrogen-bond donors (Lipinski definition) is 1. The molecule has 7 nitrogen and oxygen atoms in total. The first-order chi connectivity index (χ1) is 18.8. The summed E-state index contributed by atoms with van der Waals surface area (Å²) < 4.78 is 16.5. The number of hydrazone groups is 1. The predicted molar refractivity (Wildman–Crippen MR) is 152 cm³/mol. The third kappa shape index (κ3) is 7.74. The average Bonchev–Trinajstić information content (AvgIpc) is 2.95. The Morgan fingerprint density at radius 1 is 0.821 bits per heavy atom. The van der Waals surface area contributed by atoms with Gasteiger partial charge in [-0.15, -0.1) is 0 Å². The van der Waals surface area contributed by atoms with Crippen LogP contribution in [0.4, 0.5) is 0 Å². The first-order valence-corrected chi connectivity index (χ1v) is 12.6. The molecule has 1 N–H and O–H groups in total. The minimum absolute atomic E-state index is 0.202. The van der Waals surface area contributed by atoms with E-state index in [4.69, 9.17) is 49.0 Å². The Morgan fingerprint density at radius 2 is 1.54 bits per heavy atom. The Kier molecular flexibility index (Phi) is 9.44. The minimum Gasteiger partial charge on any atom is -0.493 e. The summed E-state index contributed by atoms with van der Waals surface area (Å²) in [4.78, 5) is 24.9. The number of carbonyl (C=O) groups excluding carboxylic acids is 2. The number of nitrogens with zero attached hydrogens (tertiary/aromatic N) is 1. The lowest BCUT2D eigenvalue weighted by molar-refractivity contribution is 0.0729. The molecule has 0 aliphatic carbocycles. The van der Waals surface area contributed by atoms with E-state index in [1.165, 1.54) is 31.5 Å². The molecule has 0 saturated carbocycles. The number of nitrogens with one attached hydrogen (secondary N) is 1. The predicted octanol–water partition coefficient (Wildman–Crippen LogP) is 7.22. The molecule has 4 rings (SSSR count). The standard InChI is InChI=1S/C29H21Cl3N2O5/c1-37-27-14-19(4-13-26(27)39-29(36)21-7-12-24(31)25(32)15-21)16-33-34-28(35)20-5-10-23(11-6-20)38-17-18-2-8-22(30)9-3-18/h2-16H,17H2,1H3,(H,34,35)/b33-16-. The SMILES string of the molecule is COc1cc(/C=N\NC(=O)c2ccc(OCc3ccc(Cl)cc3)cc2)ccc1OC(=O)c1ccc(Cl)c(Cl)c1. The molecule has 0 radical (unpaired) electrons. The molecule has 0 bridgehead atoms. The van der Waals surface area contributed by atoms with Crippen molar-refractivity contribution in [2.45, 2.75) is 6.61 Å². The highest BCUT2D eigenvalue weighted by molar-refractivity contribution is 6.42. The van der Waals surface area contributed by atoms with Crippen LogP contribution in [0.5, 0.6) is 17.2 Å². The maximum absolute atomic E-state index is 12.5. The highest BCUT2D eigenvalue weighted by atomic mass is 35.5. The molecule has 0 aliphatic rings. The van der Waals surface area contributed by atoms with Gasteiger partial charge in [0.25, 0.3) is 5.91 Å². The van der Waals surface area contributed by atoms with E-state index in [2.05, 4.69) is 10.5 Å². The molecule has 0 spiro atoms. The van der Waals surface area contributed by atoms with E-state index in [0.29, 0.717) is 39.3 Å². The van der Waals surface area contributed by atoms with Crippen LogP contribution in [0.15, 0.2) is 90.0 Å². The Hall–Kier alpha value is -4.04. The monoisotopic (exact) mass is 582 g/mol. The van der Waals surface area contributed by atoms with Crippen molar-refractivity contribution in [3.8, 4) is 17.2 Å². The van der Waals surface area contributed by atoms with Crippen molar-refractivity contribution in [3.05, 3.63) is 122 Å². The summed E-state index contributed by atoms with van der Waals surface area (Å²) >= 11 is 17.8. The smallest absolute Gasteiger partial charge is 0.343 e. The minimum atomic E-state index is -0.623. The quantitative estimate of drug-likeness (QED) is 0.0973. The van der Waals surface area contributed by atoms with Crippen LogP contribution in [0.2, 0.25) is 15.1 Å². The maximum Gasteiger partial charge on any atom is 0.343 e. The number of amides is 1. The number of carbonyl (C=O) groups is 2. The number of hydrogen-bond acceptors (Lipinski definition) is 6. The zero-order valence-corrected chi connectivity index (χ0v) is 22.8. The lowest BCUT2D eigenvalue weighted by Gasteiger charge is -2.10. The summed E-state index contributed by atoms with van der Waals surface area (Å²) in [6.45, 7) is 0.379. The van der Waals surface area contributed by atoms with E-state index in [-0.39, 0.29) is 16.3 Å². The molecule has 4 aromatic rings. The maximum atomic E-state index is 12.5. The molecular weight excluding hydrogens is 563 g/mol. The van der Waals surface area contributed by atoms with Gasteiger partial charge in [-0.3, -0.25) is 4.79 Å². The second-order valence-electron chi connectivity index (χ2n) is 8.07. The molecule has 0 aliphatic heterocycles. The normalized spacial score (nSPS) is 10.8. The van der Waals surface area contributed by atoms with Crippen LogP contribution in [-0.4, -0.2) is 25.2 Å². The van der Waals surface area contributed by atoms with Crippen LogP contribution in [0.25, 0.3) is 0 Å². The van der Waals surface area contributed by atoms with E-state index < -0.39 is 11.9 Å². The highest BCUT2D eigenvalue weighted by Gasteiger charge is 2.14. The van der Waals surface area contributed by atoms with Gasteiger partial charge < -0.3 is 14.2 Å². The lowest BCUT2D eigenvalue weighted by Crippen LogP contribution is -2.17. The van der Waals surface area contributed by atoms with Gasteiger partial charge in [-0.2, -0.15) is 5.10 Å². The Morgan fingerprint density at radius 3 is 2.23 bits per heavy atom. The van der Waals surface area contributed by atoms with Crippen molar-refractivity contribution in [1.29, 1.82) is 0 Å². The molecule has 0 fully saturated rings. The van der Waals surface area contributed by atoms with Crippen LogP contribution in [0.1, 0.15) is 31.8 Å². The van der Waals surface area contributed by atoms with Gasteiger partial charge in [0.05, 0.1) is 28.9 Å². The number of halogens is 3. The molecule has 1 amide bonds. The molecule has 0 unspecified atom stereocenters. The van der Waals surface area contributed by atoms with Crippen molar-refractivity contribution in [1.82, 2.24) is 5.43 Å². The molecule has 0 saturated heterocycles. The molecule has 198 valence electrons. The zero-order valence-electron chi connectivity index (χ0n) is 20.5. The Balaban J connectivity index is 1.32. The average molecular weight is 584 g/mol.